The van der Waals surface area contributed by atoms with Gasteiger partial charge in [-0.05, 0) is 26.3 Å². The van der Waals surface area contributed by atoms with E-state index in [1.165, 1.54) is 7.11 Å². The monoisotopic (exact) mass is 330 g/mol. The summed E-state index contributed by atoms with van der Waals surface area (Å²) in [6, 6.07) is 0. The Bertz CT molecular complexity index is 888. The fourth-order valence-electron chi connectivity index (χ4n) is 2.68. The Labute approximate surface area is 138 Å². The topological polar surface area (TPSA) is 72.8 Å². The summed E-state index contributed by atoms with van der Waals surface area (Å²) < 4.78 is 6.62. The normalized spacial score (nSPS) is 11.0. The summed E-state index contributed by atoms with van der Waals surface area (Å²) in [6.45, 7) is 5.81. The number of hydrogen-bond acceptors (Lipinski definition) is 5. The van der Waals surface area contributed by atoms with Crippen molar-refractivity contribution in [3.63, 3.8) is 0 Å². The molecular formula is C16H18N4O2S. The lowest BCUT2D eigenvalue weighted by Gasteiger charge is -2.00. The first kappa shape index (κ1) is 15.5. The van der Waals surface area contributed by atoms with Crippen LogP contribution in [0.25, 0.3) is 22.0 Å². The highest BCUT2D eigenvalue weighted by molar-refractivity contribution is 7.15. The third-order valence-corrected chi connectivity index (χ3v) is 4.83. The second-order valence-electron chi connectivity index (χ2n) is 5.44. The molecule has 0 aliphatic heterocycles. The van der Waals surface area contributed by atoms with Crippen molar-refractivity contribution in [2.45, 2.75) is 20.8 Å². The molecular weight excluding hydrogens is 312 g/mol. The summed E-state index contributed by atoms with van der Waals surface area (Å²) in [6.07, 6.45) is 3.74. The standard InChI is InChI=1S/C16H18N4O2S/c1-8-12(16(21)22-5)9(2)18-13(8)14-10(3)23-15(19-14)11-6-17-20(4)7-11/h6-7,18H,1-5H3. The van der Waals surface area contributed by atoms with Crippen molar-refractivity contribution in [2.24, 2.45) is 7.05 Å². The van der Waals surface area contributed by atoms with Crippen LogP contribution in [0.3, 0.4) is 0 Å². The van der Waals surface area contributed by atoms with Crippen molar-refractivity contribution in [3.8, 4) is 22.0 Å². The van der Waals surface area contributed by atoms with Gasteiger partial charge in [0.2, 0.25) is 0 Å². The first-order chi connectivity index (χ1) is 10.9. The molecule has 7 heteroatoms. The van der Waals surface area contributed by atoms with Gasteiger partial charge in [-0.1, -0.05) is 0 Å². The molecule has 0 aliphatic rings. The van der Waals surface area contributed by atoms with Crippen LogP contribution in [0.2, 0.25) is 0 Å². The fraction of sp³-hybridized carbons (Fsp3) is 0.312. The van der Waals surface area contributed by atoms with Crippen molar-refractivity contribution in [1.29, 1.82) is 0 Å². The Hall–Kier alpha value is -2.41. The zero-order valence-electron chi connectivity index (χ0n) is 13.7. The zero-order chi connectivity index (χ0) is 16.7. The third-order valence-electron chi connectivity index (χ3n) is 3.81. The quantitative estimate of drug-likeness (QED) is 0.748. The van der Waals surface area contributed by atoms with Crippen molar-refractivity contribution in [1.82, 2.24) is 19.7 Å². The third kappa shape index (κ3) is 2.57. The number of nitrogens with one attached hydrogen (secondary N) is 1. The molecule has 120 valence electrons. The van der Waals surface area contributed by atoms with E-state index >= 15 is 0 Å². The summed E-state index contributed by atoms with van der Waals surface area (Å²) in [5, 5.41) is 5.10. The highest BCUT2D eigenvalue weighted by atomic mass is 32.1. The van der Waals surface area contributed by atoms with E-state index in [1.807, 2.05) is 34.0 Å². The highest BCUT2D eigenvalue weighted by Crippen LogP contribution is 2.35. The van der Waals surface area contributed by atoms with Gasteiger partial charge in [0.15, 0.2) is 0 Å². The summed E-state index contributed by atoms with van der Waals surface area (Å²) in [5.74, 6) is -0.331. The van der Waals surface area contributed by atoms with E-state index in [0.29, 0.717) is 5.56 Å². The largest absolute Gasteiger partial charge is 0.465 e. The predicted molar refractivity (Wildman–Crippen MR) is 89.7 cm³/mol. The van der Waals surface area contributed by atoms with Gasteiger partial charge in [-0.3, -0.25) is 4.68 Å². The first-order valence-electron chi connectivity index (χ1n) is 7.16. The summed E-state index contributed by atoms with van der Waals surface area (Å²) in [5.41, 5.74) is 4.95. The van der Waals surface area contributed by atoms with Crippen LogP contribution in [-0.4, -0.2) is 32.8 Å². The molecule has 0 saturated carbocycles. The average Bonchev–Trinajstić information content (AvgIpc) is 3.17. The van der Waals surface area contributed by atoms with Crippen LogP contribution in [0.4, 0.5) is 0 Å². The maximum absolute atomic E-state index is 11.9. The van der Waals surface area contributed by atoms with E-state index in [-0.39, 0.29) is 5.97 Å². The number of ether oxygens (including phenoxy) is 1. The van der Waals surface area contributed by atoms with Crippen molar-refractivity contribution < 1.29 is 9.53 Å². The van der Waals surface area contributed by atoms with Gasteiger partial charge in [-0.25, -0.2) is 9.78 Å². The Balaban J connectivity index is 2.10. The minimum Gasteiger partial charge on any atom is -0.465 e. The van der Waals surface area contributed by atoms with Crippen LogP contribution in [0.15, 0.2) is 12.4 Å². The second kappa shape index (κ2) is 5.66. The van der Waals surface area contributed by atoms with Crippen LogP contribution >= 0.6 is 11.3 Å². The lowest BCUT2D eigenvalue weighted by Crippen LogP contribution is -2.03. The Morgan fingerprint density at radius 3 is 2.70 bits per heavy atom. The number of thiazole rings is 1. The number of carbonyl (C=O) groups excluding carboxylic acids is 1. The molecule has 3 heterocycles. The molecule has 23 heavy (non-hydrogen) atoms. The molecule has 0 atom stereocenters. The smallest absolute Gasteiger partial charge is 0.339 e. The zero-order valence-corrected chi connectivity index (χ0v) is 14.5. The average molecular weight is 330 g/mol. The maximum Gasteiger partial charge on any atom is 0.339 e. The number of aryl methyl sites for hydroxylation is 3. The van der Waals surface area contributed by atoms with Gasteiger partial charge < -0.3 is 9.72 Å². The van der Waals surface area contributed by atoms with Gasteiger partial charge in [0.1, 0.15) is 10.7 Å². The molecule has 1 N–H and O–H groups in total. The molecule has 0 bridgehead atoms. The van der Waals surface area contributed by atoms with E-state index in [1.54, 1.807) is 22.2 Å². The molecule has 0 aromatic carbocycles. The molecule has 0 radical (unpaired) electrons. The van der Waals surface area contributed by atoms with E-state index in [2.05, 4.69) is 10.1 Å². The molecule has 3 rings (SSSR count). The number of aromatic nitrogens is 4. The Morgan fingerprint density at radius 2 is 2.09 bits per heavy atom. The molecule has 0 saturated heterocycles. The molecule has 3 aromatic rings. The van der Waals surface area contributed by atoms with Crippen molar-refractivity contribution in [3.05, 3.63) is 34.1 Å². The molecule has 0 spiro atoms. The lowest BCUT2D eigenvalue weighted by atomic mass is 10.1. The molecule has 3 aromatic heterocycles. The van der Waals surface area contributed by atoms with Gasteiger partial charge in [0, 0.05) is 29.4 Å². The second-order valence-corrected chi connectivity index (χ2v) is 6.65. The van der Waals surface area contributed by atoms with E-state index < -0.39 is 0 Å². The Kier molecular flexibility index (Phi) is 3.81. The lowest BCUT2D eigenvalue weighted by molar-refractivity contribution is 0.0599. The number of H-pyrrole nitrogens is 1. The molecule has 6 nitrogen and oxygen atoms in total. The summed E-state index contributed by atoms with van der Waals surface area (Å²) in [4.78, 5) is 21.1. The molecule has 0 amide bonds. The van der Waals surface area contributed by atoms with Crippen molar-refractivity contribution in [2.75, 3.05) is 7.11 Å². The predicted octanol–water partition coefficient (Wildman–Crippen LogP) is 3.25. The van der Waals surface area contributed by atoms with Gasteiger partial charge in [-0.15, -0.1) is 11.3 Å². The number of hydrogen-bond donors (Lipinski definition) is 1. The van der Waals surface area contributed by atoms with Gasteiger partial charge >= 0.3 is 5.97 Å². The first-order valence-corrected chi connectivity index (χ1v) is 7.98. The van der Waals surface area contributed by atoms with E-state index in [9.17, 15) is 4.79 Å². The van der Waals surface area contributed by atoms with Gasteiger partial charge in [-0.2, -0.15) is 5.10 Å². The van der Waals surface area contributed by atoms with Crippen LogP contribution in [0.1, 0.15) is 26.5 Å². The SMILES string of the molecule is COC(=O)c1c(C)[nH]c(-c2nc(-c3cnn(C)c3)sc2C)c1C. The van der Waals surface area contributed by atoms with Gasteiger partial charge in [0.05, 0.1) is 24.6 Å². The van der Waals surface area contributed by atoms with Crippen LogP contribution in [0.5, 0.6) is 0 Å². The number of carbonyl (C=O) groups is 1. The summed E-state index contributed by atoms with van der Waals surface area (Å²) in [7, 11) is 3.27. The minimum atomic E-state index is -0.331. The van der Waals surface area contributed by atoms with Crippen LogP contribution in [0, 0.1) is 20.8 Å². The van der Waals surface area contributed by atoms with E-state index in [0.717, 1.165) is 38.1 Å². The van der Waals surface area contributed by atoms with Crippen LogP contribution in [-0.2, 0) is 11.8 Å². The molecule has 0 aliphatic carbocycles. The van der Waals surface area contributed by atoms with Crippen molar-refractivity contribution >= 4 is 17.3 Å². The van der Waals surface area contributed by atoms with Gasteiger partial charge in [0.25, 0.3) is 0 Å². The number of methoxy groups -OCH3 is 1. The van der Waals surface area contributed by atoms with E-state index in [4.69, 9.17) is 9.72 Å². The minimum absolute atomic E-state index is 0.331. The summed E-state index contributed by atoms with van der Waals surface area (Å²) >= 11 is 1.61. The Morgan fingerprint density at radius 1 is 1.35 bits per heavy atom. The maximum atomic E-state index is 11.9. The number of esters is 1. The van der Waals surface area contributed by atoms with Crippen LogP contribution < -0.4 is 0 Å². The number of nitrogens with zero attached hydrogens (tertiary/aromatic N) is 3. The molecule has 0 unspecified atom stereocenters. The number of aromatic amines is 1. The highest BCUT2D eigenvalue weighted by Gasteiger charge is 2.22. The number of rotatable bonds is 3. The molecule has 0 fully saturated rings. The fourth-order valence-corrected chi connectivity index (χ4v) is 3.57.